The zero-order valence-electron chi connectivity index (χ0n) is 7.93. The van der Waals surface area contributed by atoms with Gasteiger partial charge in [0.05, 0.1) is 6.42 Å². The number of aliphatic carboxylic acids is 1. The Balaban J connectivity index is 2.23. The fraction of sp³-hybridized carbons (Fsp3) is 0.750. The zero-order valence-corrected chi connectivity index (χ0v) is 8.74. The molecule has 0 aromatic carbocycles. The molecule has 1 amide bonds. The lowest BCUT2D eigenvalue weighted by Gasteiger charge is -2.38. The van der Waals surface area contributed by atoms with Gasteiger partial charge in [0.1, 0.15) is 10.1 Å². The number of fused-ring (bicyclic) bond motifs is 3. The molecule has 15 heavy (non-hydrogen) atoms. The Kier molecular flexibility index (Phi) is 1.16. The molecule has 0 bridgehead atoms. The summed E-state index contributed by atoms with van der Waals surface area (Å²) in [5.41, 5.74) is -1.47. The summed E-state index contributed by atoms with van der Waals surface area (Å²) in [4.78, 5) is 23.5. The Labute approximate surface area is 85.8 Å². The molecule has 2 saturated heterocycles. The van der Waals surface area contributed by atoms with Crippen LogP contribution in [0.3, 0.4) is 0 Å². The molecule has 1 saturated carbocycles. The van der Waals surface area contributed by atoms with E-state index in [1.807, 2.05) is 0 Å². The van der Waals surface area contributed by atoms with Gasteiger partial charge < -0.3 is 10.0 Å². The average molecular weight is 231 g/mol. The van der Waals surface area contributed by atoms with Crippen LogP contribution in [0.25, 0.3) is 0 Å². The minimum atomic E-state index is -3.50. The second-order valence-electron chi connectivity index (χ2n) is 4.54. The van der Waals surface area contributed by atoms with Crippen molar-refractivity contribution in [3.63, 3.8) is 0 Å². The summed E-state index contributed by atoms with van der Waals surface area (Å²) in [6, 6.07) is 0. The Morgan fingerprint density at radius 3 is 2.60 bits per heavy atom. The van der Waals surface area contributed by atoms with Crippen LogP contribution in [0.5, 0.6) is 0 Å². The minimum absolute atomic E-state index is 0.0277. The van der Waals surface area contributed by atoms with Crippen LogP contribution >= 0.6 is 0 Å². The summed E-state index contributed by atoms with van der Waals surface area (Å²) in [5.74, 6) is -1.57. The molecular weight excluding hydrogens is 222 g/mol. The van der Waals surface area contributed by atoms with E-state index in [9.17, 15) is 18.0 Å². The van der Waals surface area contributed by atoms with Crippen LogP contribution in [0.2, 0.25) is 0 Å². The van der Waals surface area contributed by atoms with E-state index in [2.05, 4.69) is 0 Å². The van der Waals surface area contributed by atoms with Gasteiger partial charge in [0.15, 0.2) is 15.4 Å². The third kappa shape index (κ3) is 0.590. The number of hydrogen-bond donors (Lipinski definition) is 1. The van der Waals surface area contributed by atoms with Crippen molar-refractivity contribution in [1.29, 1.82) is 0 Å². The van der Waals surface area contributed by atoms with E-state index in [1.165, 1.54) is 6.92 Å². The first kappa shape index (κ1) is 9.14. The van der Waals surface area contributed by atoms with E-state index in [1.54, 1.807) is 0 Å². The maximum absolute atomic E-state index is 11.9. The van der Waals surface area contributed by atoms with Crippen molar-refractivity contribution in [2.75, 3.05) is 0 Å². The van der Waals surface area contributed by atoms with Crippen molar-refractivity contribution in [3.8, 4) is 0 Å². The predicted octanol–water partition coefficient (Wildman–Crippen LogP) is -1.04. The van der Waals surface area contributed by atoms with E-state index in [0.29, 0.717) is 0 Å². The first-order valence-electron chi connectivity index (χ1n) is 4.58. The maximum atomic E-state index is 11.9. The summed E-state index contributed by atoms with van der Waals surface area (Å²) in [7, 11) is -3.50. The second kappa shape index (κ2) is 1.91. The molecule has 0 spiro atoms. The Bertz CT molecular complexity index is 511. The van der Waals surface area contributed by atoms with Crippen LogP contribution in [0.1, 0.15) is 19.8 Å². The highest BCUT2D eigenvalue weighted by Gasteiger charge is 2.89. The summed E-state index contributed by atoms with van der Waals surface area (Å²) in [6.45, 7) is 1.42. The quantitative estimate of drug-likeness (QED) is 0.582. The SMILES string of the molecule is C[C@]12C[C@@]1(C(=O)O)N1C(=O)C[C@H]1S2(=O)=O. The molecule has 0 aromatic heterocycles. The number of sulfone groups is 1. The number of carbonyl (C=O) groups excluding carboxylic acids is 1. The summed E-state index contributed by atoms with van der Waals surface area (Å²) < 4.78 is 22.6. The highest BCUT2D eigenvalue weighted by atomic mass is 32.2. The van der Waals surface area contributed by atoms with Gasteiger partial charge in [0.2, 0.25) is 5.91 Å². The largest absolute Gasteiger partial charge is 0.479 e. The third-order valence-electron chi connectivity index (χ3n) is 4.00. The van der Waals surface area contributed by atoms with Crippen molar-refractivity contribution >= 4 is 21.7 Å². The lowest BCUT2D eigenvalue weighted by Crippen LogP contribution is -2.59. The molecule has 0 unspecified atom stereocenters. The van der Waals surface area contributed by atoms with Gasteiger partial charge in [-0.25, -0.2) is 13.2 Å². The molecule has 0 radical (unpaired) electrons. The number of nitrogens with zero attached hydrogens (tertiary/aromatic N) is 1. The molecule has 6 nitrogen and oxygen atoms in total. The van der Waals surface area contributed by atoms with E-state index in [0.717, 1.165) is 4.90 Å². The van der Waals surface area contributed by atoms with Crippen LogP contribution < -0.4 is 0 Å². The molecule has 3 atom stereocenters. The molecule has 82 valence electrons. The second-order valence-corrected chi connectivity index (χ2v) is 7.08. The van der Waals surface area contributed by atoms with Crippen LogP contribution in [-0.4, -0.2) is 46.0 Å². The smallest absolute Gasteiger partial charge is 0.331 e. The van der Waals surface area contributed by atoms with Gasteiger partial charge in [-0.1, -0.05) is 0 Å². The summed E-state index contributed by atoms with van der Waals surface area (Å²) in [6.07, 6.45) is -0.0349. The topological polar surface area (TPSA) is 91.8 Å². The average Bonchev–Trinajstić information content (AvgIpc) is 2.67. The standard InChI is InChI=1S/C8H9NO5S/c1-7-3-8(7,6(11)12)9-4(10)2-5(9)15(7,13)14/h5H,2-3H2,1H3,(H,11,12)/t5-,7+,8+/m1/s1. The van der Waals surface area contributed by atoms with Gasteiger partial charge in [-0.15, -0.1) is 0 Å². The Morgan fingerprint density at radius 2 is 2.20 bits per heavy atom. The van der Waals surface area contributed by atoms with E-state index >= 15 is 0 Å². The molecule has 3 fully saturated rings. The molecule has 3 rings (SSSR count). The van der Waals surface area contributed by atoms with Gasteiger partial charge in [-0.3, -0.25) is 4.79 Å². The van der Waals surface area contributed by atoms with Crippen LogP contribution in [0, 0.1) is 0 Å². The van der Waals surface area contributed by atoms with E-state index < -0.39 is 31.5 Å². The highest BCUT2D eigenvalue weighted by molar-refractivity contribution is 7.94. The number of rotatable bonds is 1. The molecule has 1 N–H and O–H groups in total. The number of amides is 1. The van der Waals surface area contributed by atoms with Gasteiger partial charge in [-0.2, -0.15) is 0 Å². The number of carboxylic acids is 1. The summed E-state index contributed by atoms with van der Waals surface area (Å²) in [5, 5.41) is 8.20. The fourth-order valence-electron chi connectivity index (χ4n) is 2.92. The van der Waals surface area contributed by atoms with Crippen molar-refractivity contribution in [3.05, 3.63) is 0 Å². The zero-order chi connectivity index (χ0) is 11.2. The van der Waals surface area contributed by atoms with E-state index in [4.69, 9.17) is 5.11 Å². The minimum Gasteiger partial charge on any atom is -0.479 e. The summed E-state index contributed by atoms with van der Waals surface area (Å²) >= 11 is 0. The number of carbonyl (C=O) groups is 2. The number of hydrogen-bond acceptors (Lipinski definition) is 4. The van der Waals surface area contributed by atoms with Crippen molar-refractivity contribution < 1.29 is 23.1 Å². The van der Waals surface area contributed by atoms with Gasteiger partial charge in [0.25, 0.3) is 0 Å². The van der Waals surface area contributed by atoms with Crippen LogP contribution in [-0.2, 0) is 19.4 Å². The lowest BCUT2D eigenvalue weighted by atomic mass is 10.1. The van der Waals surface area contributed by atoms with Crippen LogP contribution in [0.4, 0.5) is 0 Å². The van der Waals surface area contributed by atoms with Crippen molar-refractivity contribution in [2.45, 2.75) is 35.4 Å². The molecule has 1 aliphatic carbocycles. The monoisotopic (exact) mass is 231 g/mol. The number of β-lactam (4-membered cyclic amide) rings is 1. The van der Waals surface area contributed by atoms with E-state index in [-0.39, 0.29) is 18.7 Å². The lowest BCUT2D eigenvalue weighted by molar-refractivity contribution is -0.159. The molecule has 0 aromatic rings. The first-order valence-corrected chi connectivity index (χ1v) is 6.13. The van der Waals surface area contributed by atoms with Crippen molar-refractivity contribution in [2.24, 2.45) is 0 Å². The van der Waals surface area contributed by atoms with Gasteiger partial charge in [0, 0.05) is 6.42 Å². The molecule has 2 heterocycles. The number of carboxylic acid groups (broad SMARTS) is 1. The maximum Gasteiger partial charge on any atom is 0.331 e. The molecule has 2 aliphatic heterocycles. The fourth-order valence-corrected chi connectivity index (χ4v) is 5.52. The van der Waals surface area contributed by atoms with Gasteiger partial charge >= 0.3 is 5.97 Å². The predicted molar refractivity (Wildman–Crippen MR) is 47.6 cm³/mol. The van der Waals surface area contributed by atoms with Crippen molar-refractivity contribution in [1.82, 2.24) is 4.90 Å². The molecular formula is C8H9NO5S. The van der Waals surface area contributed by atoms with Gasteiger partial charge in [-0.05, 0) is 6.92 Å². The normalized spacial score (nSPS) is 49.3. The Morgan fingerprint density at radius 1 is 1.60 bits per heavy atom. The molecule has 7 heteroatoms. The highest BCUT2D eigenvalue weighted by Crippen LogP contribution is 2.67. The third-order valence-corrected chi connectivity index (χ3v) is 6.83. The molecule has 3 aliphatic rings. The Hall–Kier alpha value is -1.11. The first-order chi connectivity index (χ1) is 6.79. The van der Waals surface area contributed by atoms with Crippen LogP contribution in [0.15, 0.2) is 0 Å².